The van der Waals surface area contributed by atoms with Crippen molar-refractivity contribution in [2.75, 3.05) is 13.1 Å². The molecule has 7 heteroatoms. The van der Waals surface area contributed by atoms with Gasteiger partial charge in [-0.3, -0.25) is 9.59 Å². The third-order valence-electron chi connectivity index (χ3n) is 9.33. The standard InChI is InChI=1S/C35H34N4O3/c1-20-28-10-9-25(35(41)38-12-2-3-27(36)19-38)16-32(28)42-33(20)31-15-24-7-6-23(14-30(24)39(31)18-21-4-5-21)22-8-11-29-26(13-22)17-37-34(29)40/h6-11,13-16,21,27H,2-5,12,17-19,36H2,1H3,(H,37,40). The number of nitrogens with one attached hydrogen (secondary N) is 1. The SMILES string of the molecule is Cc1c(-c2cc3ccc(-c4ccc5c(c4)CNC5=O)cc3n2CC2CC2)oc2cc(C(=O)N3CCCC(N)C3)ccc12. The highest BCUT2D eigenvalue weighted by Crippen LogP contribution is 2.40. The smallest absolute Gasteiger partial charge is 0.254 e. The van der Waals surface area contributed by atoms with Crippen LogP contribution in [0, 0.1) is 12.8 Å². The van der Waals surface area contributed by atoms with E-state index in [0.29, 0.717) is 24.6 Å². The van der Waals surface area contributed by atoms with E-state index < -0.39 is 0 Å². The minimum absolute atomic E-state index is 0.00309. The predicted octanol–water partition coefficient (Wildman–Crippen LogP) is 6.25. The molecule has 2 aliphatic heterocycles. The molecule has 5 aromatic rings. The molecule has 3 N–H and O–H groups in total. The fraction of sp³-hybridized carbons (Fsp3) is 0.314. The van der Waals surface area contributed by atoms with Crippen molar-refractivity contribution >= 4 is 33.7 Å². The molecule has 0 spiro atoms. The van der Waals surface area contributed by atoms with Crippen LogP contribution in [-0.2, 0) is 13.1 Å². The highest BCUT2D eigenvalue weighted by Gasteiger charge is 2.27. The summed E-state index contributed by atoms with van der Waals surface area (Å²) in [4.78, 5) is 27.2. The molecule has 3 aromatic carbocycles. The molecule has 2 aromatic heterocycles. The van der Waals surface area contributed by atoms with Gasteiger partial charge in [-0.15, -0.1) is 0 Å². The molecule has 1 saturated heterocycles. The number of aromatic nitrogens is 1. The minimum atomic E-state index is 0.00309. The molecule has 4 heterocycles. The molecule has 0 radical (unpaired) electrons. The second kappa shape index (κ2) is 9.60. The number of benzene rings is 3. The van der Waals surface area contributed by atoms with E-state index in [0.717, 1.165) is 76.2 Å². The molecule has 8 rings (SSSR count). The molecular weight excluding hydrogens is 524 g/mol. The van der Waals surface area contributed by atoms with E-state index in [2.05, 4.69) is 47.1 Å². The van der Waals surface area contributed by atoms with Crippen molar-refractivity contribution in [3.05, 3.63) is 82.9 Å². The summed E-state index contributed by atoms with van der Waals surface area (Å²) >= 11 is 0. The van der Waals surface area contributed by atoms with Crippen LogP contribution < -0.4 is 11.1 Å². The van der Waals surface area contributed by atoms with Crippen molar-refractivity contribution in [2.24, 2.45) is 11.7 Å². The quantitative estimate of drug-likeness (QED) is 0.267. The summed E-state index contributed by atoms with van der Waals surface area (Å²) in [5.74, 6) is 1.55. The molecule has 3 aliphatic rings. The molecule has 1 saturated carbocycles. The maximum atomic E-state index is 13.3. The van der Waals surface area contributed by atoms with Crippen LogP contribution in [0.2, 0.25) is 0 Å². The van der Waals surface area contributed by atoms with Crippen LogP contribution in [0.5, 0.6) is 0 Å². The van der Waals surface area contributed by atoms with Crippen LogP contribution in [0.15, 0.2) is 65.1 Å². The molecule has 0 bridgehead atoms. The first-order valence-corrected chi connectivity index (χ1v) is 15.1. The number of amides is 2. The zero-order chi connectivity index (χ0) is 28.5. The molecule has 2 fully saturated rings. The van der Waals surface area contributed by atoms with Gasteiger partial charge in [-0.2, -0.15) is 0 Å². The Morgan fingerprint density at radius 2 is 1.86 bits per heavy atom. The lowest BCUT2D eigenvalue weighted by Gasteiger charge is -2.30. The predicted molar refractivity (Wildman–Crippen MR) is 164 cm³/mol. The Labute approximate surface area is 244 Å². The lowest BCUT2D eigenvalue weighted by atomic mass is 9.99. The van der Waals surface area contributed by atoms with Gasteiger partial charge in [0.25, 0.3) is 11.8 Å². The first-order valence-electron chi connectivity index (χ1n) is 15.1. The molecule has 212 valence electrons. The normalized spacial score (nSPS) is 18.6. The molecule has 1 atom stereocenters. The molecule has 7 nitrogen and oxygen atoms in total. The van der Waals surface area contributed by atoms with Crippen molar-refractivity contribution in [3.8, 4) is 22.6 Å². The second-order valence-corrected chi connectivity index (χ2v) is 12.3. The topological polar surface area (TPSA) is 93.5 Å². The third-order valence-corrected chi connectivity index (χ3v) is 9.33. The Kier molecular flexibility index (Phi) is 5.79. The van der Waals surface area contributed by atoms with Crippen LogP contribution in [0.1, 0.15) is 57.5 Å². The number of aryl methyl sites for hydroxylation is 1. The van der Waals surface area contributed by atoms with Gasteiger partial charge in [0, 0.05) is 65.2 Å². The number of nitrogens with zero attached hydrogens (tertiary/aromatic N) is 2. The van der Waals surface area contributed by atoms with Crippen molar-refractivity contribution in [1.29, 1.82) is 0 Å². The number of furan rings is 1. The number of nitrogens with two attached hydrogens (primary N) is 1. The van der Waals surface area contributed by atoms with E-state index in [1.165, 1.54) is 23.7 Å². The Hall–Kier alpha value is -4.36. The number of piperidine rings is 1. The summed E-state index contributed by atoms with van der Waals surface area (Å²) < 4.78 is 8.99. The van der Waals surface area contributed by atoms with Crippen LogP contribution in [-0.4, -0.2) is 40.4 Å². The number of hydrogen-bond donors (Lipinski definition) is 2. The summed E-state index contributed by atoms with van der Waals surface area (Å²) in [5.41, 5.74) is 14.9. The number of rotatable bonds is 5. The lowest BCUT2D eigenvalue weighted by molar-refractivity contribution is 0.0708. The van der Waals surface area contributed by atoms with E-state index >= 15 is 0 Å². The summed E-state index contributed by atoms with van der Waals surface area (Å²) in [6, 6.07) is 20.8. The van der Waals surface area contributed by atoms with E-state index in [1.807, 2.05) is 35.2 Å². The van der Waals surface area contributed by atoms with Crippen LogP contribution in [0.3, 0.4) is 0 Å². The van der Waals surface area contributed by atoms with E-state index in [4.69, 9.17) is 10.2 Å². The average molecular weight is 559 g/mol. The molecule has 1 aliphatic carbocycles. The maximum Gasteiger partial charge on any atom is 0.254 e. The Balaban J connectivity index is 1.20. The van der Waals surface area contributed by atoms with E-state index in [-0.39, 0.29) is 17.9 Å². The number of likely N-dealkylation sites (tertiary alicyclic amines) is 1. The third kappa shape index (κ3) is 4.22. The van der Waals surface area contributed by atoms with Crippen LogP contribution >= 0.6 is 0 Å². The van der Waals surface area contributed by atoms with E-state index in [9.17, 15) is 9.59 Å². The molecule has 2 amide bonds. The maximum absolute atomic E-state index is 13.3. The van der Waals surface area contributed by atoms with Gasteiger partial charge in [-0.25, -0.2) is 0 Å². The van der Waals surface area contributed by atoms with Crippen LogP contribution in [0.4, 0.5) is 0 Å². The molecular formula is C35H34N4O3. The van der Waals surface area contributed by atoms with Crippen molar-refractivity contribution in [1.82, 2.24) is 14.8 Å². The summed E-state index contributed by atoms with van der Waals surface area (Å²) in [6.45, 7) is 4.98. The number of carbonyl (C=O) groups excluding carboxylic acids is 2. The minimum Gasteiger partial charge on any atom is -0.454 e. The zero-order valence-corrected chi connectivity index (χ0v) is 23.8. The first-order chi connectivity index (χ1) is 20.4. The lowest BCUT2D eigenvalue weighted by Crippen LogP contribution is -2.45. The van der Waals surface area contributed by atoms with Gasteiger partial charge in [0.05, 0.1) is 5.69 Å². The fourth-order valence-electron chi connectivity index (χ4n) is 6.77. The Bertz CT molecular complexity index is 1910. The van der Waals surface area contributed by atoms with Gasteiger partial charge in [-0.05, 0) is 91.6 Å². The van der Waals surface area contributed by atoms with Gasteiger partial charge < -0.3 is 24.9 Å². The summed E-state index contributed by atoms with van der Waals surface area (Å²) in [5, 5.41) is 5.12. The van der Waals surface area contributed by atoms with Gasteiger partial charge in [0.1, 0.15) is 5.58 Å². The van der Waals surface area contributed by atoms with Gasteiger partial charge in [0.2, 0.25) is 0 Å². The highest BCUT2D eigenvalue weighted by molar-refractivity contribution is 6.00. The van der Waals surface area contributed by atoms with Crippen molar-refractivity contribution in [2.45, 2.75) is 51.7 Å². The highest BCUT2D eigenvalue weighted by atomic mass is 16.3. The fourth-order valence-corrected chi connectivity index (χ4v) is 6.77. The largest absolute Gasteiger partial charge is 0.454 e. The first kappa shape index (κ1) is 25.4. The van der Waals surface area contributed by atoms with Gasteiger partial charge in [-0.1, -0.05) is 24.3 Å². The second-order valence-electron chi connectivity index (χ2n) is 12.3. The van der Waals surface area contributed by atoms with Crippen molar-refractivity contribution < 1.29 is 14.0 Å². The Morgan fingerprint density at radius 1 is 1.02 bits per heavy atom. The summed E-state index contributed by atoms with van der Waals surface area (Å²) in [6.07, 6.45) is 4.40. The van der Waals surface area contributed by atoms with Gasteiger partial charge >= 0.3 is 0 Å². The molecule has 1 unspecified atom stereocenters. The Morgan fingerprint density at radius 3 is 2.69 bits per heavy atom. The number of carbonyl (C=O) groups is 2. The van der Waals surface area contributed by atoms with Crippen LogP contribution in [0.25, 0.3) is 44.5 Å². The van der Waals surface area contributed by atoms with Gasteiger partial charge in [0.15, 0.2) is 5.76 Å². The van der Waals surface area contributed by atoms with Crippen molar-refractivity contribution in [3.63, 3.8) is 0 Å². The zero-order valence-electron chi connectivity index (χ0n) is 23.8. The average Bonchev–Trinajstić information content (AvgIpc) is 3.54. The summed E-state index contributed by atoms with van der Waals surface area (Å²) in [7, 11) is 0. The number of fused-ring (bicyclic) bond motifs is 3. The molecule has 42 heavy (non-hydrogen) atoms. The van der Waals surface area contributed by atoms with E-state index in [1.54, 1.807) is 0 Å². The monoisotopic (exact) mass is 558 g/mol. The number of hydrogen-bond acceptors (Lipinski definition) is 4.